The second-order valence-corrected chi connectivity index (χ2v) is 8.84. The standard InChI is InChI=1S/C21H19F2N5O5S/c1-12-14-8-9-16(32-17-7-4-10-25-26-17)19(23)20(14)33-21(29)28(12)11-13-5-3-6-15(18(13)22)27-34(30,31)24-2/h3-10,12,24,27H,11H2,1-2H3/t12-/m0/s1. The summed E-state index contributed by atoms with van der Waals surface area (Å²) in [7, 11) is -2.77. The third-order valence-electron chi connectivity index (χ3n) is 5.13. The maximum atomic E-state index is 15.0. The summed E-state index contributed by atoms with van der Waals surface area (Å²) in [6, 6.07) is 9.35. The van der Waals surface area contributed by atoms with E-state index in [0.717, 1.165) is 0 Å². The lowest BCUT2D eigenvalue weighted by molar-refractivity contribution is 0.114. The second-order valence-electron chi connectivity index (χ2n) is 7.22. The largest absolute Gasteiger partial charge is 0.434 e. The van der Waals surface area contributed by atoms with Gasteiger partial charge in [0.15, 0.2) is 17.3 Å². The Balaban J connectivity index is 1.60. The lowest BCUT2D eigenvalue weighted by atomic mass is 10.0. The molecule has 0 saturated heterocycles. The minimum Gasteiger partial charge on any atom is -0.434 e. The van der Waals surface area contributed by atoms with Crippen molar-refractivity contribution in [2.45, 2.75) is 19.5 Å². The first-order chi connectivity index (χ1) is 16.2. The molecular weight excluding hydrogens is 472 g/mol. The van der Waals surface area contributed by atoms with Crippen LogP contribution in [0.1, 0.15) is 24.1 Å². The van der Waals surface area contributed by atoms with Gasteiger partial charge in [-0.25, -0.2) is 13.9 Å². The molecule has 0 aliphatic carbocycles. The molecule has 0 bridgehead atoms. The first-order valence-electron chi connectivity index (χ1n) is 9.95. The van der Waals surface area contributed by atoms with Crippen LogP contribution in [-0.2, 0) is 16.8 Å². The van der Waals surface area contributed by atoms with Gasteiger partial charge in [0.25, 0.3) is 10.2 Å². The molecule has 0 unspecified atom stereocenters. The number of halogens is 2. The topological polar surface area (TPSA) is 123 Å². The van der Waals surface area contributed by atoms with Crippen LogP contribution in [0.2, 0.25) is 0 Å². The van der Waals surface area contributed by atoms with Crippen molar-refractivity contribution in [3.05, 3.63) is 71.4 Å². The quantitative estimate of drug-likeness (QED) is 0.519. The first kappa shape index (κ1) is 23.3. The number of fused-ring (bicyclic) bond motifs is 1. The van der Waals surface area contributed by atoms with E-state index in [1.54, 1.807) is 13.0 Å². The zero-order valence-corrected chi connectivity index (χ0v) is 18.8. The van der Waals surface area contributed by atoms with Gasteiger partial charge in [-0.2, -0.15) is 17.9 Å². The van der Waals surface area contributed by atoms with Crippen LogP contribution < -0.4 is 18.9 Å². The van der Waals surface area contributed by atoms with E-state index in [2.05, 4.69) is 14.9 Å². The fourth-order valence-corrected chi connectivity index (χ4v) is 3.90. The molecule has 2 N–H and O–H groups in total. The summed E-state index contributed by atoms with van der Waals surface area (Å²) in [5, 5.41) is 7.37. The number of ether oxygens (including phenoxy) is 2. The molecule has 10 nitrogen and oxygen atoms in total. The van der Waals surface area contributed by atoms with Gasteiger partial charge in [0.1, 0.15) is 0 Å². The molecule has 3 aromatic rings. The third-order valence-corrected chi connectivity index (χ3v) is 6.15. The van der Waals surface area contributed by atoms with Gasteiger partial charge < -0.3 is 9.47 Å². The number of nitrogens with one attached hydrogen (secondary N) is 2. The molecule has 1 aliphatic heterocycles. The molecule has 1 aromatic heterocycles. The van der Waals surface area contributed by atoms with E-state index in [9.17, 15) is 17.6 Å². The number of rotatable bonds is 7. The van der Waals surface area contributed by atoms with Gasteiger partial charge >= 0.3 is 6.09 Å². The van der Waals surface area contributed by atoms with Crippen LogP contribution in [0.3, 0.4) is 0 Å². The number of hydrogen-bond acceptors (Lipinski definition) is 7. The molecule has 4 rings (SSSR count). The Kier molecular flexibility index (Phi) is 6.30. The molecule has 1 amide bonds. The van der Waals surface area contributed by atoms with Crippen molar-refractivity contribution in [3.63, 3.8) is 0 Å². The number of nitrogens with zero attached hydrogens (tertiary/aromatic N) is 3. The number of aromatic nitrogens is 2. The summed E-state index contributed by atoms with van der Waals surface area (Å²) in [5.74, 6) is -2.19. The Morgan fingerprint density at radius 1 is 1.15 bits per heavy atom. The normalized spacial score (nSPS) is 15.5. The lowest BCUT2D eigenvalue weighted by Gasteiger charge is -2.34. The van der Waals surface area contributed by atoms with Gasteiger partial charge in [-0.1, -0.05) is 12.1 Å². The molecule has 0 spiro atoms. The number of benzene rings is 2. The molecule has 0 fully saturated rings. The van der Waals surface area contributed by atoms with Gasteiger partial charge in [-0.3, -0.25) is 9.62 Å². The maximum absolute atomic E-state index is 15.0. The lowest BCUT2D eigenvalue weighted by Crippen LogP contribution is -2.39. The van der Waals surface area contributed by atoms with E-state index < -0.39 is 34.0 Å². The number of hydrogen-bond donors (Lipinski definition) is 2. The highest BCUT2D eigenvalue weighted by Crippen LogP contribution is 2.41. The molecule has 2 heterocycles. The number of carbonyl (C=O) groups is 1. The first-order valence-corrected chi connectivity index (χ1v) is 11.4. The Bertz CT molecular complexity index is 1340. The molecule has 13 heteroatoms. The Morgan fingerprint density at radius 2 is 1.94 bits per heavy atom. The fraction of sp³-hybridized carbons (Fsp3) is 0.190. The van der Waals surface area contributed by atoms with Crippen molar-refractivity contribution in [3.8, 4) is 17.4 Å². The van der Waals surface area contributed by atoms with E-state index in [0.29, 0.717) is 5.56 Å². The molecular formula is C21H19F2N5O5S. The predicted octanol–water partition coefficient (Wildman–Crippen LogP) is 3.50. The summed E-state index contributed by atoms with van der Waals surface area (Å²) in [5.41, 5.74) is 0.0878. The van der Waals surface area contributed by atoms with E-state index in [4.69, 9.17) is 9.47 Å². The van der Waals surface area contributed by atoms with Crippen molar-refractivity contribution in [1.29, 1.82) is 0 Å². The number of amides is 1. The van der Waals surface area contributed by atoms with Gasteiger partial charge in [0, 0.05) is 30.4 Å². The van der Waals surface area contributed by atoms with E-state index in [1.807, 2.05) is 4.72 Å². The van der Waals surface area contributed by atoms with Crippen LogP contribution >= 0.6 is 0 Å². The van der Waals surface area contributed by atoms with E-state index >= 15 is 4.39 Å². The average molecular weight is 491 g/mol. The summed E-state index contributed by atoms with van der Waals surface area (Å²) in [6.07, 6.45) is 0.527. The highest BCUT2D eigenvalue weighted by Gasteiger charge is 2.35. The molecule has 178 valence electrons. The zero-order valence-electron chi connectivity index (χ0n) is 18.0. The van der Waals surface area contributed by atoms with Crippen molar-refractivity contribution in [2.24, 2.45) is 0 Å². The SMILES string of the molecule is CNS(=O)(=O)Nc1cccc(CN2C(=O)Oc3c(ccc(Oc4cccnn4)c3F)[C@@H]2C)c1F. The highest BCUT2D eigenvalue weighted by atomic mass is 32.2. The fourth-order valence-electron chi connectivity index (χ4n) is 3.35. The number of carbonyl (C=O) groups excluding carboxylic acids is 1. The van der Waals surface area contributed by atoms with Gasteiger partial charge in [-0.15, -0.1) is 5.10 Å². The van der Waals surface area contributed by atoms with Crippen LogP contribution in [0, 0.1) is 11.6 Å². The van der Waals surface area contributed by atoms with Crippen molar-refractivity contribution < 1.29 is 31.5 Å². The van der Waals surface area contributed by atoms with Gasteiger partial charge in [0.2, 0.25) is 11.7 Å². The third kappa shape index (κ3) is 4.61. The minimum atomic E-state index is -3.95. The molecule has 2 aromatic carbocycles. The second kappa shape index (κ2) is 9.19. The smallest absolute Gasteiger partial charge is 0.416 e. The number of anilines is 1. The van der Waals surface area contributed by atoms with Crippen molar-refractivity contribution in [1.82, 2.24) is 19.8 Å². The van der Waals surface area contributed by atoms with E-state index in [-0.39, 0.29) is 35.2 Å². The Morgan fingerprint density at radius 3 is 2.65 bits per heavy atom. The van der Waals surface area contributed by atoms with Crippen molar-refractivity contribution in [2.75, 3.05) is 11.8 Å². The van der Waals surface area contributed by atoms with E-state index in [1.165, 1.54) is 54.5 Å². The van der Waals surface area contributed by atoms with Crippen LogP contribution in [0.4, 0.5) is 19.3 Å². The summed E-state index contributed by atoms with van der Waals surface area (Å²) >= 11 is 0. The van der Waals surface area contributed by atoms with Gasteiger partial charge in [-0.05, 0) is 31.2 Å². The molecule has 1 atom stereocenters. The summed E-state index contributed by atoms with van der Waals surface area (Å²) in [4.78, 5) is 13.9. The van der Waals surface area contributed by atoms with Crippen molar-refractivity contribution >= 4 is 22.0 Å². The zero-order chi connectivity index (χ0) is 24.5. The monoisotopic (exact) mass is 491 g/mol. The summed E-state index contributed by atoms with van der Waals surface area (Å²) < 4.78 is 68.1. The molecule has 0 saturated carbocycles. The van der Waals surface area contributed by atoms with Gasteiger partial charge in [0.05, 0.1) is 18.3 Å². The Labute approximate surface area is 193 Å². The predicted molar refractivity (Wildman–Crippen MR) is 116 cm³/mol. The maximum Gasteiger partial charge on any atom is 0.416 e. The average Bonchev–Trinajstić information content (AvgIpc) is 2.81. The molecule has 1 aliphatic rings. The van der Waals surface area contributed by atoms with Crippen LogP contribution in [0.15, 0.2) is 48.7 Å². The Hall–Kier alpha value is -3.84. The van der Waals surface area contributed by atoms with Crippen LogP contribution in [0.25, 0.3) is 0 Å². The van der Waals surface area contributed by atoms with Crippen LogP contribution in [-0.4, -0.2) is 36.7 Å². The molecule has 0 radical (unpaired) electrons. The van der Waals surface area contributed by atoms with Crippen LogP contribution in [0.5, 0.6) is 17.4 Å². The molecule has 34 heavy (non-hydrogen) atoms. The minimum absolute atomic E-state index is 0.0339. The highest BCUT2D eigenvalue weighted by molar-refractivity contribution is 7.90. The summed E-state index contributed by atoms with van der Waals surface area (Å²) in [6.45, 7) is 1.38.